The van der Waals surface area contributed by atoms with E-state index in [1.165, 1.54) is 16.7 Å². The number of hydrogen-bond acceptors (Lipinski definition) is 6. The summed E-state index contributed by atoms with van der Waals surface area (Å²) >= 11 is 0. The molecule has 152 valence electrons. The number of rotatable bonds is 8. The van der Waals surface area contributed by atoms with Gasteiger partial charge in [0.1, 0.15) is 5.75 Å². The Balaban J connectivity index is 2.26. The molecule has 0 aliphatic carbocycles. The second-order valence-electron chi connectivity index (χ2n) is 6.40. The molecule has 2 aromatic rings. The average Bonchev–Trinajstić information content (AvgIpc) is 2.69. The van der Waals surface area contributed by atoms with Crippen LogP contribution in [0, 0.1) is 6.92 Å². The minimum Gasteiger partial charge on any atom is -0.505 e. The van der Waals surface area contributed by atoms with Crippen molar-refractivity contribution in [3.63, 3.8) is 0 Å². The highest BCUT2D eigenvalue weighted by Crippen LogP contribution is 2.25. The first-order chi connectivity index (χ1) is 13.3. The number of pyridine rings is 1. The van der Waals surface area contributed by atoms with Crippen LogP contribution >= 0.6 is 0 Å². The van der Waals surface area contributed by atoms with Crippen LogP contribution < -0.4 is 0 Å². The molecular weight excluding hydrogens is 378 g/mol. The third-order valence-electron chi connectivity index (χ3n) is 4.66. The monoisotopic (exact) mass is 405 g/mol. The van der Waals surface area contributed by atoms with Crippen LogP contribution in [0.25, 0.3) is 0 Å². The summed E-state index contributed by atoms with van der Waals surface area (Å²) in [5.74, 6) is -0.0110. The molecule has 28 heavy (non-hydrogen) atoms. The zero-order chi connectivity index (χ0) is 20.9. The Labute approximate surface area is 166 Å². The topological polar surface area (TPSA) is 103 Å². The van der Waals surface area contributed by atoms with Crippen LogP contribution in [0.3, 0.4) is 0 Å². The molecule has 0 saturated heterocycles. The maximum Gasteiger partial charge on any atom is 0.243 e. The summed E-state index contributed by atoms with van der Waals surface area (Å²) in [6.07, 6.45) is 3.02. The summed E-state index contributed by atoms with van der Waals surface area (Å²) < 4.78 is 26.5. The Hall–Kier alpha value is -2.29. The third-order valence-corrected chi connectivity index (χ3v) is 6.73. The van der Waals surface area contributed by atoms with E-state index < -0.39 is 10.0 Å². The Morgan fingerprint density at radius 1 is 1.21 bits per heavy atom. The van der Waals surface area contributed by atoms with Crippen molar-refractivity contribution in [3.8, 4) is 5.75 Å². The number of nitrogens with zero attached hydrogens (tertiary/aromatic N) is 3. The molecule has 0 aliphatic heterocycles. The zero-order valence-electron chi connectivity index (χ0n) is 16.6. The number of aliphatic hydroxyl groups excluding tert-OH is 1. The zero-order valence-corrected chi connectivity index (χ0v) is 17.4. The molecule has 0 fully saturated rings. The lowest BCUT2D eigenvalue weighted by molar-refractivity contribution is 0.280. The number of sulfonamides is 1. The number of hydrogen-bond donors (Lipinski definition) is 2. The van der Waals surface area contributed by atoms with Crippen LogP contribution in [0.2, 0.25) is 0 Å². The Morgan fingerprint density at radius 3 is 2.36 bits per heavy atom. The van der Waals surface area contributed by atoms with Gasteiger partial charge in [-0.15, -0.1) is 0 Å². The number of aromatic nitrogens is 1. The molecular formula is C20H27N3O4S. The van der Waals surface area contributed by atoms with Crippen molar-refractivity contribution in [1.29, 1.82) is 0 Å². The molecule has 8 heteroatoms. The summed E-state index contributed by atoms with van der Waals surface area (Å²) in [5, 5.41) is 19.6. The average molecular weight is 406 g/mol. The van der Waals surface area contributed by atoms with Crippen LogP contribution in [0.5, 0.6) is 5.75 Å². The summed E-state index contributed by atoms with van der Waals surface area (Å²) in [4.78, 5) is 8.73. The molecule has 1 atom stereocenters. The standard InChI is InChI=1S/C20H27N3O4S/c1-5-23(6-2)28(26,27)18-9-7-16(8-10-18)14(3)22-12-19-17(13-24)11-21-15(4)20(19)25/h7-12,14,24-25H,5-6,13H2,1-4H3/t14-/m0/s1. The van der Waals surface area contributed by atoms with Gasteiger partial charge in [-0.25, -0.2) is 8.42 Å². The van der Waals surface area contributed by atoms with Gasteiger partial charge < -0.3 is 10.2 Å². The van der Waals surface area contributed by atoms with E-state index >= 15 is 0 Å². The van der Waals surface area contributed by atoms with Crippen molar-refractivity contribution in [1.82, 2.24) is 9.29 Å². The van der Waals surface area contributed by atoms with E-state index in [1.807, 2.05) is 20.8 Å². The van der Waals surface area contributed by atoms with E-state index in [2.05, 4.69) is 9.98 Å². The predicted octanol–water partition coefficient (Wildman–Crippen LogP) is 2.80. The van der Waals surface area contributed by atoms with Gasteiger partial charge in [0.05, 0.1) is 23.2 Å². The second kappa shape index (κ2) is 9.27. The van der Waals surface area contributed by atoms with Crippen molar-refractivity contribution < 1.29 is 18.6 Å². The van der Waals surface area contributed by atoms with Gasteiger partial charge in [-0.3, -0.25) is 9.98 Å². The molecule has 2 N–H and O–H groups in total. The summed E-state index contributed by atoms with van der Waals surface area (Å²) in [6.45, 7) is 7.74. The first-order valence-corrected chi connectivity index (χ1v) is 10.6. The fraction of sp³-hybridized carbons (Fsp3) is 0.400. The summed E-state index contributed by atoms with van der Waals surface area (Å²) in [5.41, 5.74) is 2.21. The molecule has 0 bridgehead atoms. The molecule has 2 rings (SSSR count). The van der Waals surface area contributed by atoms with E-state index in [4.69, 9.17) is 0 Å². The van der Waals surface area contributed by atoms with Crippen molar-refractivity contribution in [2.45, 2.75) is 45.2 Å². The molecule has 1 heterocycles. The minimum atomic E-state index is -3.49. The van der Waals surface area contributed by atoms with Gasteiger partial charge >= 0.3 is 0 Å². The molecule has 0 spiro atoms. The fourth-order valence-electron chi connectivity index (χ4n) is 2.83. The molecule has 0 radical (unpaired) electrons. The highest BCUT2D eigenvalue weighted by atomic mass is 32.2. The van der Waals surface area contributed by atoms with Gasteiger partial charge in [0.25, 0.3) is 0 Å². The lowest BCUT2D eigenvalue weighted by Crippen LogP contribution is -2.30. The van der Waals surface area contributed by atoms with Crippen molar-refractivity contribution in [2.24, 2.45) is 4.99 Å². The fourth-order valence-corrected chi connectivity index (χ4v) is 4.28. The first kappa shape index (κ1) is 22.0. The number of aliphatic hydroxyl groups is 1. The van der Waals surface area contributed by atoms with Crippen molar-refractivity contribution in [2.75, 3.05) is 13.1 Å². The molecule has 0 unspecified atom stereocenters. The van der Waals surface area contributed by atoms with E-state index in [9.17, 15) is 18.6 Å². The highest BCUT2D eigenvalue weighted by molar-refractivity contribution is 7.89. The van der Waals surface area contributed by atoms with E-state index in [0.29, 0.717) is 29.9 Å². The molecule has 1 aromatic carbocycles. The van der Waals surface area contributed by atoms with E-state index in [-0.39, 0.29) is 23.3 Å². The number of aryl methyl sites for hydroxylation is 1. The van der Waals surface area contributed by atoms with Gasteiger partial charge in [0.2, 0.25) is 10.0 Å². The Kier molecular flexibility index (Phi) is 7.29. The lowest BCUT2D eigenvalue weighted by Gasteiger charge is -2.18. The van der Waals surface area contributed by atoms with Crippen LogP contribution in [0.1, 0.15) is 49.2 Å². The third kappa shape index (κ3) is 4.57. The van der Waals surface area contributed by atoms with Crippen molar-refractivity contribution >= 4 is 16.2 Å². The van der Waals surface area contributed by atoms with Crippen LogP contribution in [0.4, 0.5) is 0 Å². The maximum absolute atomic E-state index is 12.6. The van der Waals surface area contributed by atoms with E-state index in [1.54, 1.807) is 31.2 Å². The Bertz CT molecular complexity index is 937. The van der Waals surface area contributed by atoms with Gasteiger partial charge in [-0.2, -0.15) is 4.31 Å². The van der Waals surface area contributed by atoms with Gasteiger partial charge in [0.15, 0.2) is 0 Å². The molecule has 0 amide bonds. The number of benzene rings is 1. The van der Waals surface area contributed by atoms with Crippen molar-refractivity contribution in [3.05, 3.63) is 52.8 Å². The van der Waals surface area contributed by atoms with Crippen LogP contribution in [0.15, 0.2) is 40.4 Å². The summed E-state index contributed by atoms with van der Waals surface area (Å²) in [7, 11) is -3.49. The Morgan fingerprint density at radius 2 is 1.82 bits per heavy atom. The molecule has 7 nitrogen and oxygen atoms in total. The molecule has 1 aromatic heterocycles. The maximum atomic E-state index is 12.6. The summed E-state index contributed by atoms with van der Waals surface area (Å²) in [6, 6.07) is 6.39. The van der Waals surface area contributed by atoms with E-state index in [0.717, 1.165) is 5.56 Å². The largest absolute Gasteiger partial charge is 0.505 e. The van der Waals surface area contributed by atoms with Crippen LogP contribution in [-0.4, -0.2) is 47.2 Å². The predicted molar refractivity (Wildman–Crippen MR) is 109 cm³/mol. The molecule has 0 aliphatic rings. The SMILES string of the molecule is CCN(CC)S(=O)(=O)c1ccc([C@H](C)N=Cc2c(CO)cnc(C)c2O)cc1. The number of aliphatic imine (C=N–C) groups is 1. The lowest BCUT2D eigenvalue weighted by atomic mass is 10.1. The molecule has 0 saturated carbocycles. The minimum absolute atomic E-state index is 0.0110. The number of aromatic hydroxyl groups is 1. The van der Waals surface area contributed by atoms with Crippen LogP contribution in [-0.2, 0) is 16.6 Å². The van der Waals surface area contributed by atoms with Gasteiger partial charge in [-0.1, -0.05) is 26.0 Å². The quantitative estimate of drug-likeness (QED) is 0.658. The smallest absolute Gasteiger partial charge is 0.243 e. The first-order valence-electron chi connectivity index (χ1n) is 9.17. The normalized spacial score (nSPS) is 13.4. The van der Waals surface area contributed by atoms with Gasteiger partial charge in [-0.05, 0) is 31.5 Å². The van der Waals surface area contributed by atoms with Gasteiger partial charge in [0, 0.05) is 36.6 Å². The highest BCUT2D eigenvalue weighted by Gasteiger charge is 2.21. The second-order valence-corrected chi connectivity index (χ2v) is 8.34.